The Kier molecular flexibility index (Phi) is 8.31. The first-order valence-electron chi connectivity index (χ1n) is 13.7. The number of aliphatic hydroxyl groups is 1. The molecule has 3 aliphatic heterocycles. The summed E-state index contributed by atoms with van der Waals surface area (Å²) in [6.45, 7) is 13.6. The largest absolute Gasteiger partial charge is 0.394 e. The maximum Gasteiger partial charge on any atom is 0.253 e. The van der Waals surface area contributed by atoms with E-state index in [4.69, 9.17) is 16.3 Å². The number of anilines is 1. The van der Waals surface area contributed by atoms with Crippen LogP contribution in [0.3, 0.4) is 0 Å². The summed E-state index contributed by atoms with van der Waals surface area (Å²) < 4.78 is 6.86. The molecule has 1 spiro atoms. The molecule has 0 radical (unpaired) electrons. The van der Waals surface area contributed by atoms with Crippen molar-refractivity contribution in [2.75, 3.05) is 31.6 Å². The Hall–Kier alpha value is -2.68. The van der Waals surface area contributed by atoms with E-state index in [1.807, 2.05) is 20.8 Å². The van der Waals surface area contributed by atoms with E-state index >= 15 is 0 Å². The number of carbonyl (C=O) groups is 3. The second kappa shape index (κ2) is 11.1. The molecule has 3 fully saturated rings. The number of benzene rings is 1. The number of hydrogen-bond acceptors (Lipinski definition) is 5. The third-order valence-electron chi connectivity index (χ3n) is 8.93. The van der Waals surface area contributed by atoms with Gasteiger partial charge in [0.2, 0.25) is 11.8 Å². The smallest absolute Gasteiger partial charge is 0.253 e. The van der Waals surface area contributed by atoms with Crippen molar-refractivity contribution in [1.82, 2.24) is 9.80 Å². The molecule has 0 saturated carbocycles. The molecule has 39 heavy (non-hydrogen) atoms. The van der Waals surface area contributed by atoms with Crippen molar-refractivity contribution >= 4 is 35.0 Å². The van der Waals surface area contributed by atoms with Gasteiger partial charge in [-0.2, -0.15) is 0 Å². The maximum atomic E-state index is 14.6. The highest BCUT2D eigenvalue weighted by molar-refractivity contribution is 6.30. The van der Waals surface area contributed by atoms with Crippen LogP contribution in [0.15, 0.2) is 49.6 Å². The lowest BCUT2D eigenvalue weighted by Gasteiger charge is -2.40. The highest BCUT2D eigenvalue weighted by atomic mass is 35.5. The summed E-state index contributed by atoms with van der Waals surface area (Å²) in [6, 6.07) is 5.28. The minimum atomic E-state index is -1.19. The summed E-state index contributed by atoms with van der Waals surface area (Å²) in [5.74, 6) is -2.52. The number of rotatable bonds is 11. The molecular formula is C30H40ClN3O5. The predicted octanol–water partition coefficient (Wildman–Crippen LogP) is 3.68. The number of amides is 3. The molecule has 6 atom stereocenters. The van der Waals surface area contributed by atoms with Crippen molar-refractivity contribution in [3.05, 3.63) is 54.6 Å². The number of hydrogen-bond donors (Lipinski definition) is 1. The molecule has 8 nitrogen and oxygen atoms in total. The first-order chi connectivity index (χ1) is 18.5. The van der Waals surface area contributed by atoms with Gasteiger partial charge in [-0.1, -0.05) is 44.5 Å². The van der Waals surface area contributed by atoms with Crippen LogP contribution in [-0.2, 0) is 19.1 Å². The molecule has 2 bridgehead atoms. The average Bonchev–Trinajstić information content (AvgIpc) is 3.51. The monoisotopic (exact) mass is 557 g/mol. The second-order valence-electron chi connectivity index (χ2n) is 11.3. The Morgan fingerprint density at radius 3 is 2.36 bits per heavy atom. The standard InChI is InChI=1S/C30H40ClN3O5/c1-7-16-32(6)26(36)23-24-27(37)34(22(18-35)19(4)5)25(30(24)15-14-29(23,9-3)39-30)28(38)33(17-8-2)21-12-10-20(31)11-13-21/h7-8,10-13,19,22-25,35H,1-2,9,14-18H2,3-6H3/t22-,23+,24-,25?,29-,30?/m0/s1. The number of aliphatic hydroxyl groups excluding tert-OH is 1. The van der Waals surface area contributed by atoms with Gasteiger partial charge in [0.25, 0.3) is 5.91 Å². The molecular weight excluding hydrogens is 518 g/mol. The summed E-state index contributed by atoms with van der Waals surface area (Å²) in [6.07, 6.45) is 4.86. The van der Waals surface area contributed by atoms with E-state index < -0.39 is 35.1 Å². The van der Waals surface area contributed by atoms with E-state index in [1.54, 1.807) is 53.3 Å². The Bertz CT molecular complexity index is 1140. The van der Waals surface area contributed by atoms with Crippen molar-refractivity contribution in [3.63, 3.8) is 0 Å². The van der Waals surface area contributed by atoms with Crippen LogP contribution in [0.25, 0.3) is 0 Å². The fourth-order valence-electron chi connectivity index (χ4n) is 7.03. The molecule has 3 amide bonds. The first kappa shape index (κ1) is 29.3. The highest BCUT2D eigenvalue weighted by Gasteiger charge is 2.79. The second-order valence-corrected chi connectivity index (χ2v) is 11.7. The minimum absolute atomic E-state index is 0.136. The molecule has 9 heteroatoms. The van der Waals surface area contributed by atoms with E-state index in [-0.39, 0.29) is 36.8 Å². The quantitative estimate of drug-likeness (QED) is 0.419. The SMILES string of the molecule is C=CCN(C)C(=O)[C@H]1[C@H]2C(=O)N([C@@H](CO)C(C)C)C(C(=O)N(CC=C)c3ccc(Cl)cc3)C23CC[C@]1(CC)O3. The van der Waals surface area contributed by atoms with Crippen LogP contribution < -0.4 is 4.90 Å². The summed E-state index contributed by atoms with van der Waals surface area (Å²) in [5, 5.41) is 11.0. The van der Waals surface area contributed by atoms with E-state index in [0.717, 1.165) is 0 Å². The number of carbonyl (C=O) groups excluding carboxylic acids is 3. The Balaban J connectivity index is 1.88. The Morgan fingerprint density at radius 2 is 1.82 bits per heavy atom. The number of ether oxygens (including phenoxy) is 1. The number of fused-ring (bicyclic) bond motifs is 1. The summed E-state index contributed by atoms with van der Waals surface area (Å²) >= 11 is 6.12. The van der Waals surface area contributed by atoms with E-state index in [2.05, 4.69) is 13.2 Å². The zero-order valence-corrected chi connectivity index (χ0v) is 24.1. The van der Waals surface area contributed by atoms with Gasteiger partial charge in [-0.15, -0.1) is 13.2 Å². The number of likely N-dealkylation sites (tertiary alicyclic amines) is 1. The van der Waals surface area contributed by atoms with Gasteiger partial charge in [-0.3, -0.25) is 14.4 Å². The third kappa shape index (κ3) is 4.50. The van der Waals surface area contributed by atoms with Crippen molar-refractivity contribution in [2.45, 2.75) is 63.3 Å². The Morgan fingerprint density at radius 1 is 1.18 bits per heavy atom. The molecule has 1 aromatic rings. The minimum Gasteiger partial charge on any atom is -0.394 e. The molecule has 4 rings (SSSR count). The van der Waals surface area contributed by atoms with E-state index in [9.17, 15) is 19.5 Å². The number of nitrogens with zero attached hydrogens (tertiary/aromatic N) is 3. The van der Waals surface area contributed by atoms with Gasteiger partial charge >= 0.3 is 0 Å². The molecule has 1 aromatic carbocycles. The van der Waals surface area contributed by atoms with Crippen LogP contribution in [-0.4, -0.2) is 82.7 Å². The van der Waals surface area contributed by atoms with Gasteiger partial charge in [-0.05, 0) is 49.4 Å². The van der Waals surface area contributed by atoms with Gasteiger partial charge in [-0.25, -0.2) is 0 Å². The van der Waals surface area contributed by atoms with Crippen molar-refractivity contribution < 1.29 is 24.2 Å². The first-order valence-corrected chi connectivity index (χ1v) is 14.1. The fourth-order valence-corrected chi connectivity index (χ4v) is 7.16. The van der Waals surface area contributed by atoms with E-state index in [0.29, 0.717) is 36.5 Å². The van der Waals surface area contributed by atoms with Gasteiger partial charge in [0.15, 0.2) is 0 Å². The normalized spacial score (nSPS) is 29.9. The van der Waals surface area contributed by atoms with Crippen molar-refractivity contribution in [1.29, 1.82) is 0 Å². The molecule has 212 valence electrons. The third-order valence-corrected chi connectivity index (χ3v) is 9.18. The molecule has 0 aliphatic carbocycles. The molecule has 3 aliphatic rings. The fraction of sp³-hybridized carbons (Fsp3) is 0.567. The van der Waals surface area contributed by atoms with Gasteiger partial charge in [0.1, 0.15) is 11.6 Å². The summed E-state index contributed by atoms with van der Waals surface area (Å²) in [5.41, 5.74) is -1.42. The molecule has 1 N–H and O–H groups in total. The highest BCUT2D eigenvalue weighted by Crippen LogP contribution is 2.65. The zero-order valence-electron chi connectivity index (χ0n) is 23.3. The van der Waals surface area contributed by atoms with Gasteiger partial charge in [0, 0.05) is 30.8 Å². The van der Waals surface area contributed by atoms with Crippen molar-refractivity contribution in [2.24, 2.45) is 17.8 Å². The number of halogens is 1. The lowest BCUT2D eigenvalue weighted by Crippen LogP contribution is -2.60. The van der Waals surface area contributed by atoms with Gasteiger partial charge < -0.3 is 24.5 Å². The van der Waals surface area contributed by atoms with Crippen LogP contribution in [0, 0.1) is 17.8 Å². The summed E-state index contributed by atoms with van der Waals surface area (Å²) in [7, 11) is 1.70. The number of likely N-dealkylation sites (N-methyl/N-ethyl adjacent to an activating group) is 1. The van der Waals surface area contributed by atoms with Crippen LogP contribution in [0.5, 0.6) is 0 Å². The zero-order chi connectivity index (χ0) is 28.7. The molecule has 2 unspecified atom stereocenters. The van der Waals surface area contributed by atoms with Gasteiger partial charge in [0.05, 0.1) is 30.1 Å². The predicted molar refractivity (Wildman–Crippen MR) is 151 cm³/mol. The van der Waals surface area contributed by atoms with Crippen LogP contribution in [0.4, 0.5) is 5.69 Å². The van der Waals surface area contributed by atoms with Crippen molar-refractivity contribution in [3.8, 4) is 0 Å². The summed E-state index contributed by atoms with van der Waals surface area (Å²) in [4.78, 5) is 47.6. The average molecular weight is 558 g/mol. The Labute approximate surface area is 236 Å². The van der Waals surface area contributed by atoms with E-state index in [1.165, 1.54) is 4.90 Å². The van der Waals surface area contributed by atoms with Crippen LogP contribution >= 0.6 is 11.6 Å². The topological polar surface area (TPSA) is 90.4 Å². The lowest BCUT2D eigenvalue weighted by molar-refractivity contribution is -0.153. The van der Waals surface area contributed by atoms with Crippen LogP contribution in [0.1, 0.15) is 40.0 Å². The van der Waals surface area contributed by atoms with Crippen LogP contribution in [0.2, 0.25) is 5.02 Å². The maximum absolute atomic E-state index is 14.6. The molecule has 3 saturated heterocycles. The molecule has 3 heterocycles. The lowest BCUT2D eigenvalue weighted by atomic mass is 9.64. The molecule has 0 aromatic heterocycles.